The number of halogens is 1. The van der Waals surface area contributed by atoms with E-state index < -0.39 is 0 Å². The van der Waals surface area contributed by atoms with Crippen molar-refractivity contribution < 1.29 is 9.18 Å². The molecule has 3 aromatic rings. The number of hydrogen-bond acceptors (Lipinski definition) is 2. The molecule has 0 aliphatic heterocycles. The summed E-state index contributed by atoms with van der Waals surface area (Å²) in [5, 5.41) is 6.38. The Balaban J connectivity index is 1.63. The van der Waals surface area contributed by atoms with Crippen LogP contribution in [0.5, 0.6) is 0 Å². The minimum absolute atomic E-state index is 0.0286. The molecule has 2 N–H and O–H groups in total. The Hall–Kier alpha value is -3.05. The molecule has 0 radical (unpaired) electrons. The summed E-state index contributed by atoms with van der Waals surface area (Å²) in [6, 6.07) is 22.1. The fourth-order valence-electron chi connectivity index (χ4n) is 2.29. The molecule has 0 heterocycles. The second kappa shape index (κ2) is 7.68. The molecule has 0 amide bonds. The number of hydrogen-bond donors (Lipinski definition) is 2. The summed E-state index contributed by atoms with van der Waals surface area (Å²) in [6.45, 7) is 0. The monoisotopic (exact) mass is 350 g/mol. The number of nitrogens with one attached hydrogen (secondary N) is 2. The van der Waals surface area contributed by atoms with Crippen molar-refractivity contribution in [2.24, 2.45) is 0 Å². The maximum Gasteiger partial charge on any atom is 0.193 e. The van der Waals surface area contributed by atoms with Crippen LogP contribution in [0.3, 0.4) is 0 Å². The number of anilines is 2. The minimum Gasteiger partial charge on any atom is -0.332 e. The van der Waals surface area contributed by atoms with Crippen LogP contribution in [0.2, 0.25) is 0 Å². The summed E-state index contributed by atoms with van der Waals surface area (Å²) in [5.41, 5.74) is 2.70. The zero-order chi connectivity index (χ0) is 17.6. The molecule has 0 saturated carbocycles. The van der Waals surface area contributed by atoms with Crippen LogP contribution >= 0.6 is 12.2 Å². The molecule has 0 bridgehead atoms. The SMILES string of the molecule is O=C(c1ccccc1)c1ccc(NC(=S)Nc2ccc(F)cc2)cc1. The number of carbonyl (C=O) groups is 1. The molecular formula is C20H15FN2OS. The Kier molecular flexibility index (Phi) is 5.16. The first-order valence-corrected chi connectivity index (χ1v) is 8.06. The lowest BCUT2D eigenvalue weighted by Crippen LogP contribution is -2.19. The van der Waals surface area contributed by atoms with Crippen molar-refractivity contribution in [1.82, 2.24) is 0 Å². The van der Waals surface area contributed by atoms with E-state index in [0.29, 0.717) is 21.9 Å². The van der Waals surface area contributed by atoms with Gasteiger partial charge in [0.25, 0.3) is 0 Å². The zero-order valence-electron chi connectivity index (χ0n) is 13.2. The third kappa shape index (κ3) is 4.49. The molecule has 3 aromatic carbocycles. The van der Waals surface area contributed by atoms with Gasteiger partial charge >= 0.3 is 0 Å². The van der Waals surface area contributed by atoms with E-state index in [1.54, 1.807) is 48.5 Å². The van der Waals surface area contributed by atoms with Gasteiger partial charge in [0.15, 0.2) is 10.9 Å². The highest BCUT2D eigenvalue weighted by Crippen LogP contribution is 2.15. The quantitative estimate of drug-likeness (QED) is 0.520. The van der Waals surface area contributed by atoms with Gasteiger partial charge in [0.2, 0.25) is 0 Å². The Labute approximate surface area is 150 Å². The van der Waals surface area contributed by atoms with Crippen molar-refractivity contribution in [3.8, 4) is 0 Å². The van der Waals surface area contributed by atoms with Crippen LogP contribution in [0.1, 0.15) is 15.9 Å². The molecule has 0 spiro atoms. The average molecular weight is 350 g/mol. The number of carbonyl (C=O) groups excluding carboxylic acids is 1. The normalized spacial score (nSPS) is 10.1. The molecule has 0 atom stereocenters. The van der Waals surface area contributed by atoms with Crippen LogP contribution in [-0.2, 0) is 0 Å². The van der Waals surface area contributed by atoms with Gasteiger partial charge in [-0.3, -0.25) is 4.79 Å². The fraction of sp³-hybridized carbons (Fsp3) is 0. The number of benzene rings is 3. The molecule has 25 heavy (non-hydrogen) atoms. The standard InChI is InChI=1S/C20H15FN2OS/c21-16-8-12-18(13-9-16)23-20(25)22-17-10-6-15(7-11-17)19(24)14-4-2-1-3-5-14/h1-13H,(H2,22,23,25). The molecule has 3 rings (SSSR count). The van der Waals surface area contributed by atoms with Crippen LogP contribution in [-0.4, -0.2) is 10.9 Å². The van der Waals surface area contributed by atoms with E-state index >= 15 is 0 Å². The molecule has 124 valence electrons. The number of rotatable bonds is 4. The molecule has 0 aliphatic rings. The van der Waals surface area contributed by atoms with Gasteiger partial charge in [0.05, 0.1) is 0 Å². The van der Waals surface area contributed by atoms with E-state index in [9.17, 15) is 9.18 Å². The Bertz CT molecular complexity index is 878. The van der Waals surface area contributed by atoms with Crippen LogP contribution < -0.4 is 10.6 Å². The smallest absolute Gasteiger partial charge is 0.193 e. The second-order valence-corrected chi connectivity index (χ2v) is 5.77. The second-order valence-electron chi connectivity index (χ2n) is 5.36. The Morgan fingerprint density at radius 2 is 1.20 bits per heavy atom. The van der Waals surface area contributed by atoms with E-state index in [-0.39, 0.29) is 11.6 Å². The lowest BCUT2D eigenvalue weighted by molar-refractivity contribution is 0.103. The van der Waals surface area contributed by atoms with E-state index in [1.807, 2.05) is 18.2 Å². The van der Waals surface area contributed by atoms with Gasteiger partial charge in [-0.1, -0.05) is 30.3 Å². The van der Waals surface area contributed by atoms with Crippen LogP contribution in [0.25, 0.3) is 0 Å². The maximum atomic E-state index is 12.9. The third-order valence-electron chi connectivity index (χ3n) is 3.54. The van der Waals surface area contributed by atoms with E-state index in [4.69, 9.17) is 12.2 Å². The largest absolute Gasteiger partial charge is 0.332 e. The van der Waals surface area contributed by atoms with Crippen molar-refractivity contribution in [3.05, 3.63) is 95.8 Å². The van der Waals surface area contributed by atoms with Crippen molar-refractivity contribution in [3.63, 3.8) is 0 Å². The van der Waals surface area contributed by atoms with Crippen molar-refractivity contribution >= 4 is 34.5 Å². The first kappa shape index (κ1) is 16.8. The van der Waals surface area contributed by atoms with Gasteiger partial charge in [0, 0.05) is 22.5 Å². The third-order valence-corrected chi connectivity index (χ3v) is 3.75. The Morgan fingerprint density at radius 1 is 0.720 bits per heavy atom. The fourth-order valence-corrected chi connectivity index (χ4v) is 2.52. The lowest BCUT2D eigenvalue weighted by Gasteiger charge is -2.11. The number of thiocarbonyl (C=S) groups is 1. The summed E-state index contributed by atoms with van der Waals surface area (Å²) < 4.78 is 12.9. The van der Waals surface area contributed by atoms with Gasteiger partial charge in [-0.15, -0.1) is 0 Å². The summed E-state index contributed by atoms with van der Waals surface area (Å²) in [7, 11) is 0. The average Bonchev–Trinajstić information content (AvgIpc) is 2.64. The van der Waals surface area contributed by atoms with Crippen molar-refractivity contribution in [2.75, 3.05) is 10.6 Å². The van der Waals surface area contributed by atoms with E-state index in [2.05, 4.69) is 10.6 Å². The van der Waals surface area contributed by atoms with Gasteiger partial charge in [-0.05, 0) is 60.7 Å². The lowest BCUT2D eigenvalue weighted by atomic mass is 10.0. The van der Waals surface area contributed by atoms with Crippen LogP contribution in [0, 0.1) is 5.82 Å². The number of ketones is 1. The highest BCUT2D eigenvalue weighted by atomic mass is 32.1. The first-order valence-electron chi connectivity index (χ1n) is 7.65. The molecule has 0 saturated heterocycles. The molecule has 0 fully saturated rings. The first-order chi connectivity index (χ1) is 12.1. The van der Waals surface area contributed by atoms with Crippen LogP contribution in [0.4, 0.5) is 15.8 Å². The molecule has 3 nitrogen and oxygen atoms in total. The molecule has 0 unspecified atom stereocenters. The van der Waals surface area contributed by atoms with Gasteiger partial charge < -0.3 is 10.6 Å². The summed E-state index contributed by atoms with van der Waals surface area (Å²) >= 11 is 5.23. The minimum atomic E-state index is -0.303. The molecule has 0 aromatic heterocycles. The topological polar surface area (TPSA) is 41.1 Å². The van der Waals surface area contributed by atoms with Crippen molar-refractivity contribution in [1.29, 1.82) is 0 Å². The van der Waals surface area contributed by atoms with Crippen LogP contribution in [0.15, 0.2) is 78.9 Å². The summed E-state index contributed by atoms with van der Waals surface area (Å²) in [6.07, 6.45) is 0. The summed E-state index contributed by atoms with van der Waals surface area (Å²) in [5.74, 6) is -0.331. The maximum absolute atomic E-state index is 12.9. The Morgan fingerprint density at radius 3 is 1.76 bits per heavy atom. The molecular weight excluding hydrogens is 335 g/mol. The predicted octanol–water partition coefficient (Wildman–Crippen LogP) is 4.87. The highest BCUT2D eigenvalue weighted by Gasteiger charge is 2.08. The molecule has 0 aliphatic carbocycles. The van der Waals surface area contributed by atoms with Gasteiger partial charge in [-0.25, -0.2) is 4.39 Å². The van der Waals surface area contributed by atoms with E-state index in [0.717, 1.165) is 5.69 Å². The summed E-state index contributed by atoms with van der Waals surface area (Å²) in [4.78, 5) is 12.4. The highest BCUT2D eigenvalue weighted by molar-refractivity contribution is 7.80. The van der Waals surface area contributed by atoms with E-state index in [1.165, 1.54) is 12.1 Å². The predicted molar refractivity (Wildman–Crippen MR) is 103 cm³/mol. The molecule has 5 heteroatoms. The zero-order valence-corrected chi connectivity index (χ0v) is 14.0. The van der Waals surface area contributed by atoms with Gasteiger partial charge in [0.1, 0.15) is 5.82 Å². The van der Waals surface area contributed by atoms with Gasteiger partial charge in [-0.2, -0.15) is 0 Å². The van der Waals surface area contributed by atoms with Crippen molar-refractivity contribution in [2.45, 2.75) is 0 Å².